The van der Waals surface area contributed by atoms with Gasteiger partial charge in [-0.25, -0.2) is 10.2 Å². The minimum Gasteiger partial charge on any atom is -0.489 e. The Labute approximate surface area is 204 Å². The Morgan fingerprint density at radius 2 is 2.03 bits per heavy atom. The number of hydrogen-bond acceptors (Lipinski definition) is 7. The highest BCUT2D eigenvalue weighted by atomic mass is 79.9. The molecule has 174 valence electrons. The number of esters is 1. The highest BCUT2D eigenvalue weighted by Crippen LogP contribution is 2.38. The third kappa shape index (κ3) is 6.29. The van der Waals surface area contributed by atoms with E-state index in [2.05, 4.69) is 38.4 Å². The molecule has 0 bridgehead atoms. The number of carbonyl (C=O) groups is 3. The normalized spacial score (nSPS) is 12.7. The first-order chi connectivity index (χ1) is 15.9. The van der Waals surface area contributed by atoms with Gasteiger partial charge in [0, 0.05) is 14.9 Å². The molecule has 1 aromatic heterocycles. The number of nitrogens with zero attached hydrogens (tertiary/aromatic N) is 1. The number of amides is 2. The van der Waals surface area contributed by atoms with Gasteiger partial charge in [-0.3, -0.25) is 9.59 Å². The van der Waals surface area contributed by atoms with E-state index in [4.69, 9.17) is 9.47 Å². The van der Waals surface area contributed by atoms with Gasteiger partial charge in [-0.2, -0.15) is 5.10 Å². The van der Waals surface area contributed by atoms with Gasteiger partial charge < -0.3 is 14.8 Å². The Bertz CT molecular complexity index is 1100. The number of hydrazone groups is 1. The summed E-state index contributed by atoms with van der Waals surface area (Å²) in [5.74, 6) is -1.83. The van der Waals surface area contributed by atoms with Gasteiger partial charge in [0.2, 0.25) is 0 Å². The fourth-order valence-electron chi connectivity index (χ4n) is 3.34. The molecule has 0 aliphatic heterocycles. The minimum atomic E-state index is -0.962. The van der Waals surface area contributed by atoms with Crippen molar-refractivity contribution < 1.29 is 23.9 Å². The highest BCUT2D eigenvalue weighted by molar-refractivity contribution is 9.10. The van der Waals surface area contributed by atoms with Gasteiger partial charge in [0.05, 0.1) is 18.4 Å². The van der Waals surface area contributed by atoms with Gasteiger partial charge in [-0.05, 0) is 56.4 Å². The summed E-state index contributed by atoms with van der Waals surface area (Å²) in [5.41, 5.74) is 4.05. The smallest absolute Gasteiger partial charge is 0.341 e. The van der Waals surface area contributed by atoms with Gasteiger partial charge in [-0.15, -0.1) is 11.3 Å². The van der Waals surface area contributed by atoms with E-state index in [9.17, 15) is 14.4 Å². The standard InChI is InChI=1S/C23H24BrN3O5S/c1-3-11-32-17-10-9-15(24)12-14(17)13-25-27-21(29)20(28)26-22-19(23(30)31-4-2)16-7-5-6-8-18(16)33-22/h3,9-10,12-13H,1,4-8,11H2,2H3,(H,26,28)(H,27,29)/b25-13-. The summed E-state index contributed by atoms with van der Waals surface area (Å²) < 4.78 is 11.5. The van der Waals surface area contributed by atoms with E-state index in [0.717, 1.165) is 40.6 Å². The lowest BCUT2D eigenvalue weighted by Crippen LogP contribution is -2.32. The molecule has 8 nitrogen and oxygen atoms in total. The molecule has 3 rings (SSSR count). The first-order valence-electron chi connectivity index (χ1n) is 10.4. The molecule has 0 spiro atoms. The maximum atomic E-state index is 12.5. The van der Waals surface area contributed by atoms with Gasteiger partial charge >= 0.3 is 17.8 Å². The van der Waals surface area contributed by atoms with Crippen LogP contribution in [0.3, 0.4) is 0 Å². The Balaban J connectivity index is 1.70. The minimum absolute atomic E-state index is 0.222. The van der Waals surface area contributed by atoms with E-state index < -0.39 is 17.8 Å². The van der Waals surface area contributed by atoms with E-state index >= 15 is 0 Å². The van der Waals surface area contributed by atoms with Crippen LogP contribution in [0.25, 0.3) is 0 Å². The van der Waals surface area contributed by atoms with Gasteiger partial charge in [0.1, 0.15) is 17.4 Å². The number of carbonyl (C=O) groups excluding carboxylic acids is 3. The average molecular weight is 534 g/mol. The maximum absolute atomic E-state index is 12.5. The number of halogens is 1. The number of thiophene rings is 1. The van der Waals surface area contributed by atoms with Crippen molar-refractivity contribution in [1.29, 1.82) is 0 Å². The topological polar surface area (TPSA) is 106 Å². The SMILES string of the molecule is C=CCOc1ccc(Br)cc1/C=N\NC(=O)C(=O)Nc1sc2c(c1C(=O)OCC)CCCC2. The molecule has 0 saturated heterocycles. The number of benzene rings is 1. The summed E-state index contributed by atoms with van der Waals surface area (Å²) in [6.45, 7) is 5.87. The van der Waals surface area contributed by atoms with Crippen LogP contribution in [0.1, 0.15) is 46.1 Å². The molecular formula is C23H24BrN3O5S. The second-order valence-corrected chi connectivity index (χ2v) is 9.09. The monoisotopic (exact) mass is 533 g/mol. The van der Waals surface area contributed by atoms with Gasteiger partial charge in [0.15, 0.2) is 0 Å². The van der Waals surface area contributed by atoms with Crippen molar-refractivity contribution in [3.63, 3.8) is 0 Å². The zero-order valence-corrected chi connectivity index (χ0v) is 20.5. The Morgan fingerprint density at radius 3 is 2.79 bits per heavy atom. The summed E-state index contributed by atoms with van der Waals surface area (Å²) in [5, 5.41) is 6.75. The Morgan fingerprint density at radius 1 is 1.24 bits per heavy atom. The van der Waals surface area contributed by atoms with Crippen molar-refractivity contribution in [1.82, 2.24) is 5.43 Å². The molecule has 2 amide bonds. The van der Waals surface area contributed by atoms with Crippen molar-refractivity contribution in [3.05, 3.63) is 56.9 Å². The highest BCUT2D eigenvalue weighted by Gasteiger charge is 2.28. The Kier molecular flexibility index (Phi) is 8.79. The molecule has 2 N–H and O–H groups in total. The second kappa shape index (κ2) is 11.8. The largest absolute Gasteiger partial charge is 0.489 e. The summed E-state index contributed by atoms with van der Waals surface area (Å²) in [6.07, 6.45) is 6.56. The van der Waals surface area contributed by atoms with Crippen molar-refractivity contribution in [2.24, 2.45) is 5.10 Å². The number of rotatable bonds is 8. The lowest BCUT2D eigenvalue weighted by atomic mass is 9.95. The quantitative estimate of drug-likeness (QED) is 0.174. The fraction of sp³-hybridized carbons (Fsp3) is 0.304. The lowest BCUT2D eigenvalue weighted by molar-refractivity contribution is -0.136. The first-order valence-corrected chi connectivity index (χ1v) is 12.0. The van der Waals surface area contributed by atoms with Crippen molar-refractivity contribution >= 4 is 56.3 Å². The molecule has 1 aliphatic carbocycles. The molecular weight excluding hydrogens is 510 g/mol. The fourth-order valence-corrected chi connectivity index (χ4v) is 5.00. The van der Waals surface area contributed by atoms with Gasteiger partial charge in [0.25, 0.3) is 0 Å². The third-order valence-electron chi connectivity index (χ3n) is 4.78. The Hall–Kier alpha value is -2.98. The van der Waals surface area contributed by atoms with E-state index in [1.54, 1.807) is 25.1 Å². The van der Waals surface area contributed by atoms with Crippen LogP contribution in [0.2, 0.25) is 0 Å². The maximum Gasteiger partial charge on any atom is 0.341 e. The van der Waals surface area contributed by atoms with Crippen LogP contribution in [0, 0.1) is 0 Å². The summed E-state index contributed by atoms with van der Waals surface area (Å²) in [6, 6.07) is 5.32. The van der Waals surface area contributed by atoms with E-state index in [1.165, 1.54) is 17.6 Å². The van der Waals surface area contributed by atoms with E-state index in [1.807, 2.05) is 6.07 Å². The number of hydrogen-bond donors (Lipinski definition) is 2. The van der Waals surface area contributed by atoms with Crippen molar-refractivity contribution in [2.45, 2.75) is 32.6 Å². The number of nitrogens with one attached hydrogen (secondary N) is 2. The molecule has 10 heteroatoms. The third-order valence-corrected chi connectivity index (χ3v) is 6.48. The molecule has 1 heterocycles. The van der Waals surface area contributed by atoms with Crippen LogP contribution in [-0.2, 0) is 27.2 Å². The van der Waals surface area contributed by atoms with Crippen molar-refractivity contribution in [2.75, 3.05) is 18.5 Å². The lowest BCUT2D eigenvalue weighted by Gasteiger charge is -2.12. The first kappa shape index (κ1) is 24.7. The number of ether oxygens (including phenoxy) is 2. The van der Waals surface area contributed by atoms with Crippen LogP contribution in [0.4, 0.5) is 5.00 Å². The molecule has 0 saturated carbocycles. The number of anilines is 1. The van der Waals surface area contributed by atoms with Crippen LogP contribution in [0.15, 0.2) is 40.4 Å². The second-order valence-electron chi connectivity index (χ2n) is 7.07. The van der Waals surface area contributed by atoms with Crippen LogP contribution in [0.5, 0.6) is 5.75 Å². The molecule has 0 unspecified atom stereocenters. The number of aryl methyl sites for hydroxylation is 1. The van der Waals surface area contributed by atoms with Crippen LogP contribution >= 0.6 is 27.3 Å². The predicted molar refractivity (Wildman–Crippen MR) is 131 cm³/mol. The molecule has 0 radical (unpaired) electrons. The van der Waals surface area contributed by atoms with Gasteiger partial charge in [-0.1, -0.05) is 28.6 Å². The zero-order valence-electron chi connectivity index (χ0n) is 18.1. The van der Waals surface area contributed by atoms with Crippen molar-refractivity contribution in [3.8, 4) is 5.75 Å². The zero-order chi connectivity index (χ0) is 23.8. The molecule has 33 heavy (non-hydrogen) atoms. The molecule has 1 aliphatic rings. The van der Waals surface area contributed by atoms with E-state index in [-0.39, 0.29) is 6.61 Å². The summed E-state index contributed by atoms with van der Waals surface area (Å²) in [4.78, 5) is 38.3. The van der Waals surface area contributed by atoms with Crippen LogP contribution in [-0.4, -0.2) is 37.2 Å². The number of fused-ring (bicyclic) bond motifs is 1. The predicted octanol–water partition coefficient (Wildman–Crippen LogP) is 4.22. The molecule has 2 aromatic rings. The van der Waals surface area contributed by atoms with E-state index in [0.29, 0.717) is 28.5 Å². The summed E-state index contributed by atoms with van der Waals surface area (Å²) in [7, 11) is 0. The average Bonchev–Trinajstić information content (AvgIpc) is 3.16. The summed E-state index contributed by atoms with van der Waals surface area (Å²) >= 11 is 4.69. The molecule has 0 fully saturated rings. The molecule has 0 atom stereocenters. The van der Waals surface area contributed by atoms with Crippen LogP contribution < -0.4 is 15.5 Å². The molecule has 1 aromatic carbocycles.